The van der Waals surface area contributed by atoms with Crippen molar-refractivity contribution in [1.82, 2.24) is 5.32 Å². The van der Waals surface area contributed by atoms with Gasteiger partial charge in [0.1, 0.15) is 0 Å². The predicted molar refractivity (Wildman–Crippen MR) is 106 cm³/mol. The average Bonchev–Trinajstić information content (AvgIpc) is 2.57. The number of nitrogens with zero attached hydrogens (tertiary/aromatic N) is 1. The first-order chi connectivity index (χ1) is 11.8. The van der Waals surface area contributed by atoms with Gasteiger partial charge >= 0.3 is 0 Å². The number of aryl methyl sites for hydroxylation is 1. The van der Waals surface area contributed by atoms with Crippen molar-refractivity contribution in [1.29, 1.82) is 0 Å². The van der Waals surface area contributed by atoms with E-state index in [1.54, 1.807) is 0 Å². The van der Waals surface area contributed by atoms with Gasteiger partial charge in [-0.25, -0.2) is 0 Å². The summed E-state index contributed by atoms with van der Waals surface area (Å²) in [6, 6.07) is 16.7. The van der Waals surface area contributed by atoms with E-state index < -0.39 is 0 Å². The standard InChI is InChI=1S/C22H30N2O/c1-6-24(20-9-7-8-17(2)14-20)16-21(25)23-15-18-10-12-19(13-11-18)22(3,4)5/h7-14H,6,15-16H2,1-5H3,(H,23,25). The van der Waals surface area contributed by atoms with E-state index in [1.165, 1.54) is 11.1 Å². The minimum absolute atomic E-state index is 0.0447. The summed E-state index contributed by atoms with van der Waals surface area (Å²) in [5.74, 6) is 0.0447. The molecule has 0 bridgehead atoms. The van der Waals surface area contributed by atoms with Gasteiger partial charge in [0.25, 0.3) is 0 Å². The average molecular weight is 338 g/mol. The van der Waals surface area contributed by atoms with Gasteiger partial charge in [-0.05, 0) is 48.1 Å². The van der Waals surface area contributed by atoms with Crippen molar-refractivity contribution in [2.24, 2.45) is 0 Å². The largest absolute Gasteiger partial charge is 0.362 e. The molecule has 0 saturated heterocycles. The lowest BCUT2D eigenvalue weighted by atomic mass is 9.87. The van der Waals surface area contributed by atoms with Crippen LogP contribution in [-0.2, 0) is 16.8 Å². The Morgan fingerprint density at radius 1 is 1.08 bits per heavy atom. The molecule has 25 heavy (non-hydrogen) atoms. The Bertz CT molecular complexity index is 699. The highest BCUT2D eigenvalue weighted by atomic mass is 16.2. The first kappa shape index (κ1) is 19.0. The molecule has 0 radical (unpaired) electrons. The molecular formula is C22H30N2O. The highest BCUT2D eigenvalue weighted by Crippen LogP contribution is 2.22. The van der Waals surface area contributed by atoms with E-state index in [2.05, 4.69) is 87.3 Å². The summed E-state index contributed by atoms with van der Waals surface area (Å²) in [4.78, 5) is 14.4. The Hall–Kier alpha value is -2.29. The summed E-state index contributed by atoms with van der Waals surface area (Å²) in [7, 11) is 0. The fraction of sp³-hybridized carbons (Fsp3) is 0.409. The minimum atomic E-state index is 0.0447. The molecule has 0 spiro atoms. The summed E-state index contributed by atoms with van der Waals surface area (Å²) in [5, 5.41) is 3.03. The molecule has 0 aliphatic heterocycles. The number of rotatable bonds is 6. The van der Waals surface area contributed by atoms with Gasteiger partial charge < -0.3 is 10.2 Å². The van der Waals surface area contributed by atoms with Gasteiger partial charge in [0.05, 0.1) is 6.54 Å². The Kier molecular flexibility index (Phi) is 6.24. The van der Waals surface area contributed by atoms with Crippen LogP contribution in [0, 0.1) is 6.92 Å². The molecule has 0 aliphatic carbocycles. The van der Waals surface area contributed by atoms with E-state index in [4.69, 9.17) is 0 Å². The second kappa shape index (κ2) is 8.19. The maximum atomic E-state index is 12.3. The van der Waals surface area contributed by atoms with Crippen LogP contribution < -0.4 is 10.2 Å². The van der Waals surface area contributed by atoms with Crippen molar-refractivity contribution in [3.63, 3.8) is 0 Å². The number of carbonyl (C=O) groups excluding carboxylic acids is 1. The van der Waals surface area contributed by atoms with E-state index in [1.807, 2.05) is 6.07 Å². The zero-order chi connectivity index (χ0) is 18.4. The third-order valence-electron chi connectivity index (χ3n) is 4.39. The number of carbonyl (C=O) groups is 1. The van der Waals surface area contributed by atoms with E-state index >= 15 is 0 Å². The molecule has 2 aromatic rings. The zero-order valence-electron chi connectivity index (χ0n) is 16.1. The summed E-state index contributed by atoms with van der Waals surface area (Å²) >= 11 is 0. The van der Waals surface area contributed by atoms with Gasteiger partial charge in [0.15, 0.2) is 0 Å². The van der Waals surface area contributed by atoms with E-state index in [0.717, 1.165) is 17.8 Å². The molecule has 1 N–H and O–H groups in total. The fourth-order valence-corrected chi connectivity index (χ4v) is 2.76. The molecular weight excluding hydrogens is 308 g/mol. The van der Waals surface area contributed by atoms with Crippen molar-refractivity contribution in [3.8, 4) is 0 Å². The van der Waals surface area contributed by atoms with Crippen molar-refractivity contribution >= 4 is 11.6 Å². The first-order valence-corrected chi connectivity index (χ1v) is 8.97. The monoisotopic (exact) mass is 338 g/mol. The van der Waals surface area contributed by atoms with Gasteiger partial charge in [-0.2, -0.15) is 0 Å². The molecule has 1 amide bonds. The predicted octanol–water partition coefficient (Wildman–Crippen LogP) is 4.44. The van der Waals surface area contributed by atoms with Gasteiger partial charge in [-0.1, -0.05) is 57.2 Å². The van der Waals surface area contributed by atoms with Gasteiger partial charge in [-0.15, -0.1) is 0 Å². The molecule has 3 nitrogen and oxygen atoms in total. The zero-order valence-corrected chi connectivity index (χ0v) is 16.1. The van der Waals surface area contributed by atoms with Crippen LogP contribution in [0.1, 0.15) is 44.4 Å². The molecule has 0 aromatic heterocycles. The topological polar surface area (TPSA) is 32.3 Å². The van der Waals surface area contributed by atoms with Crippen LogP contribution in [0.25, 0.3) is 0 Å². The van der Waals surface area contributed by atoms with Crippen LogP contribution in [0.2, 0.25) is 0 Å². The van der Waals surface area contributed by atoms with E-state index in [9.17, 15) is 4.79 Å². The van der Waals surface area contributed by atoms with Crippen LogP contribution in [-0.4, -0.2) is 19.0 Å². The summed E-state index contributed by atoms with van der Waals surface area (Å²) in [6.07, 6.45) is 0. The van der Waals surface area contributed by atoms with Crippen molar-refractivity contribution in [3.05, 3.63) is 65.2 Å². The molecule has 0 unspecified atom stereocenters. The van der Waals surface area contributed by atoms with Gasteiger partial charge in [0.2, 0.25) is 5.91 Å². The summed E-state index contributed by atoms with van der Waals surface area (Å²) in [5.41, 5.74) is 4.87. The van der Waals surface area contributed by atoms with Crippen molar-refractivity contribution in [2.45, 2.75) is 46.6 Å². The molecule has 0 fully saturated rings. The number of hydrogen-bond acceptors (Lipinski definition) is 2. The third-order valence-corrected chi connectivity index (χ3v) is 4.39. The first-order valence-electron chi connectivity index (χ1n) is 8.97. The number of hydrogen-bond donors (Lipinski definition) is 1. The summed E-state index contributed by atoms with van der Waals surface area (Å²) < 4.78 is 0. The Labute approximate surface area is 152 Å². The Morgan fingerprint density at radius 3 is 2.32 bits per heavy atom. The summed E-state index contributed by atoms with van der Waals surface area (Å²) in [6.45, 7) is 12.5. The van der Waals surface area contributed by atoms with Gasteiger partial charge in [0, 0.05) is 18.8 Å². The van der Waals surface area contributed by atoms with Crippen molar-refractivity contribution in [2.75, 3.05) is 18.0 Å². The fourth-order valence-electron chi connectivity index (χ4n) is 2.76. The minimum Gasteiger partial charge on any atom is -0.362 e. The van der Waals surface area contributed by atoms with Gasteiger partial charge in [-0.3, -0.25) is 4.79 Å². The molecule has 0 atom stereocenters. The molecule has 134 valence electrons. The quantitative estimate of drug-likeness (QED) is 0.845. The second-order valence-corrected chi connectivity index (χ2v) is 7.58. The number of likely N-dealkylation sites (N-methyl/N-ethyl adjacent to an activating group) is 1. The second-order valence-electron chi connectivity index (χ2n) is 7.58. The van der Waals surface area contributed by atoms with Crippen LogP contribution in [0.3, 0.4) is 0 Å². The normalized spacial score (nSPS) is 11.2. The van der Waals surface area contributed by atoms with Crippen LogP contribution in [0.4, 0.5) is 5.69 Å². The van der Waals surface area contributed by atoms with Crippen LogP contribution in [0.15, 0.2) is 48.5 Å². The maximum Gasteiger partial charge on any atom is 0.239 e. The Balaban J connectivity index is 1.91. The maximum absolute atomic E-state index is 12.3. The molecule has 0 heterocycles. The van der Waals surface area contributed by atoms with Crippen LogP contribution in [0.5, 0.6) is 0 Å². The lowest BCUT2D eigenvalue weighted by molar-refractivity contribution is -0.119. The molecule has 0 aliphatic rings. The van der Waals surface area contributed by atoms with Crippen molar-refractivity contribution < 1.29 is 4.79 Å². The lowest BCUT2D eigenvalue weighted by Crippen LogP contribution is -2.37. The Morgan fingerprint density at radius 2 is 1.76 bits per heavy atom. The highest BCUT2D eigenvalue weighted by Gasteiger charge is 2.13. The smallest absolute Gasteiger partial charge is 0.239 e. The molecule has 3 heteroatoms. The molecule has 2 rings (SSSR count). The van der Waals surface area contributed by atoms with E-state index in [0.29, 0.717) is 13.1 Å². The van der Waals surface area contributed by atoms with Crippen LogP contribution >= 0.6 is 0 Å². The number of nitrogens with one attached hydrogen (secondary N) is 1. The number of anilines is 1. The lowest BCUT2D eigenvalue weighted by Gasteiger charge is -2.23. The molecule has 0 saturated carbocycles. The van der Waals surface area contributed by atoms with E-state index in [-0.39, 0.29) is 11.3 Å². The third kappa shape index (κ3) is 5.63. The molecule has 2 aromatic carbocycles. The highest BCUT2D eigenvalue weighted by molar-refractivity contribution is 5.81. The number of benzene rings is 2. The number of amides is 1. The SMILES string of the molecule is CCN(CC(=O)NCc1ccc(C(C)(C)C)cc1)c1cccc(C)c1.